The quantitative estimate of drug-likeness (QED) is 0.176. The Bertz CT molecular complexity index is 1180. The van der Waals surface area contributed by atoms with E-state index >= 15 is 0 Å². The Hall–Kier alpha value is -3.10. The number of carbonyl (C=O) groups excluding carboxylic acids is 2. The minimum absolute atomic E-state index is 0.0340. The fraction of sp³-hybridized carbons (Fsp3) is 0.500. The average Bonchev–Trinajstić information content (AvgIpc) is 2.89. The summed E-state index contributed by atoms with van der Waals surface area (Å²) in [6.45, 7) is 10.5. The molecule has 2 aromatic rings. The second kappa shape index (κ2) is 12.8. The number of hydrogen-bond donors (Lipinski definition) is 2. The Balaban J connectivity index is 1.87. The zero-order chi connectivity index (χ0) is 28.7. The first-order valence-electron chi connectivity index (χ1n) is 13.6. The van der Waals surface area contributed by atoms with Crippen LogP contribution in [0, 0.1) is 0 Å². The van der Waals surface area contributed by atoms with Crippen molar-refractivity contribution in [1.29, 1.82) is 0 Å². The Morgan fingerprint density at radius 2 is 1.67 bits per heavy atom. The summed E-state index contributed by atoms with van der Waals surface area (Å²) < 4.78 is 12.0. The molecular weight excluding hydrogens is 510 g/mol. The molecule has 0 aromatic heterocycles. The Labute approximate surface area is 232 Å². The zero-order valence-corrected chi connectivity index (χ0v) is 24.6. The van der Waals surface area contributed by atoms with Crippen LogP contribution in [0.1, 0.15) is 57.6 Å². The average molecular weight is 552 g/mol. The minimum atomic E-state index is -2.33. The van der Waals surface area contributed by atoms with Crippen LogP contribution in [0.15, 0.2) is 60.7 Å². The van der Waals surface area contributed by atoms with Gasteiger partial charge in [-0.25, -0.2) is 4.79 Å². The highest BCUT2D eigenvalue weighted by atomic mass is 28.4. The van der Waals surface area contributed by atoms with Gasteiger partial charge in [0, 0.05) is 6.42 Å². The van der Waals surface area contributed by atoms with Gasteiger partial charge in [-0.05, 0) is 48.5 Å². The van der Waals surface area contributed by atoms with Gasteiger partial charge in [0.05, 0.1) is 6.10 Å². The third-order valence-corrected chi connectivity index (χ3v) is 12.4. The van der Waals surface area contributed by atoms with Crippen molar-refractivity contribution in [1.82, 2.24) is 5.32 Å². The van der Waals surface area contributed by atoms with Crippen molar-refractivity contribution in [3.05, 3.63) is 77.3 Å². The van der Waals surface area contributed by atoms with Crippen LogP contribution < -0.4 is 5.32 Å². The summed E-state index contributed by atoms with van der Waals surface area (Å²) in [6, 6.07) is 17.3. The molecule has 9 heteroatoms. The van der Waals surface area contributed by atoms with E-state index in [9.17, 15) is 20.2 Å². The lowest BCUT2D eigenvalue weighted by Crippen LogP contribution is -2.62. The van der Waals surface area contributed by atoms with Crippen molar-refractivity contribution >= 4 is 25.9 Å². The summed E-state index contributed by atoms with van der Waals surface area (Å²) in [6.07, 6.45) is 0.865. The second-order valence-corrected chi connectivity index (χ2v) is 16.6. The largest absolute Gasteiger partial charge is 0.445 e. The van der Waals surface area contributed by atoms with E-state index < -0.39 is 43.7 Å². The van der Waals surface area contributed by atoms with Crippen molar-refractivity contribution in [3.63, 3.8) is 0 Å². The minimum Gasteiger partial charge on any atom is -0.445 e. The third-order valence-electron chi connectivity index (χ3n) is 7.90. The normalized spacial score (nSPS) is 20.4. The van der Waals surface area contributed by atoms with Gasteiger partial charge in [-0.15, -0.1) is 0 Å². The number of nitrogens with zero attached hydrogens (tertiary/aromatic N) is 2. The van der Waals surface area contributed by atoms with Gasteiger partial charge in [0.1, 0.15) is 12.6 Å². The van der Waals surface area contributed by atoms with E-state index in [4.69, 9.17) is 9.16 Å². The molecule has 0 aliphatic heterocycles. The SMILES string of the molecule is CC(C)(C)[Si](C)(C)OC1CCCCC1(O)C(=[N+]=[N-])C(=O)[C@@H](Cc1ccccc1)NC(=O)OCc1ccccc1. The Kier molecular flexibility index (Phi) is 10.0. The molecule has 1 aliphatic carbocycles. The number of amides is 1. The van der Waals surface area contributed by atoms with Crippen LogP contribution in [0.4, 0.5) is 4.79 Å². The monoisotopic (exact) mass is 551 g/mol. The van der Waals surface area contributed by atoms with Gasteiger partial charge in [0.15, 0.2) is 13.9 Å². The molecule has 2 N–H and O–H groups in total. The molecular formula is C30H41N3O5Si. The van der Waals surface area contributed by atoms with E-state index in [0.717, 1.165) is 17.5 Å². The van der Waals surface area contributed by atoms with Gasteiger partial charge in [-0.2, -0.15) is 4.79 Å². The van der Waals surface area contributed by atoms with E-state index in [0.29, 0.717) is 12.8 Å². The molecule has 0 bridgehead atoms. The second-order valence-electron chi connectivity index (χ2n) is 11.8. The van der Waals surface area contributed by atoms with Crippen molar-refractivity contribution in [2.75, 3.05) is 0 Å². The van der Waals surface area contributed by atoms with Gasteiger partial charge in [0.25, 0.3) is 5.78 Å². The topological polar surface area (TPSA) is 121 Å². The van der Waals surface area contributed by atoms with E-state index in [1.54, 1.807) is 0 Å². The summed E-state index contributed by atoms with van der Waals surface area (Å²) in [4.78, 5) is 30.1. The Morgan fingerprint density at radius 3 is 2.23 bits per heavy atom. The molecule has 39 heavy (non-hydrogen) atoms. The maximum Gasteiger partial charge on any atom is 0.408 e. The highest BCUT2D eigenvalue weighted by Crippen LogP contribution is 2.41. The molecule has 0 heterocycles. The van der Waals surface area contributed by atoms with Crippen molar-refractivity contribution in [3.8, 4) is 0 Å². The van der Waals surface area contributed by atoms with Crippen LogP contribution in [0.3, 0.4) is 0 Å². The van der Waals surface area contributed by atoms with E-state index in [1.165, 1.54) is 0 Å². The number of nitrogens with one attached hydrogen (secondary N) is 1. The van der Waals surface area contributed by atoms with E-state index in [-0.39, 0.29) is 24.5 Å². The summed E-state index contributed by atoms with van der Waals surface area (Å²) in [7, 11) is -2.33. The van der Waals surface area contributed by atoms with Crippen molar-refractivity contribution in [2.45, 2.75) is 95.4 Å². The lowest BCUT2D eigenvalue weighted by molar-refractivity contribution is -0.129. The molecule has 3 atom stereocenters. The number of aliphatic hydroxyl groups is 1. The van der Waals surface area contributed by atoms with Gasteiger partial charge < -0.3 is 25.1 Å². The van der Waals surface area contributed by atoms with Crippen LogP contribution in [-0.2, 0) is 27.0 Å². The number of rotatable bonds is 10. The lowest BCUT2D eigenvalue weighted by Gasteiger charge is -2.44. The third kappa shape index (κ3) is 7.73. The molecule has 3 rings (SSSR count). The van der Waals surface area contributed by atoms with Crippen LogP contribution in [0.25, 0.3) is 5.53 Å². The number of alkyl carbamates (subject to hydrolysis) is 1. The summed E-state index contributed by atoms with van der Waals surface area (Å²) in [5, 5.41) is 14.5. The van der Waals surface area contributed by atoms with Crippen LogP contribution in [0.5, 0.6) is 0 Å². The fourth-order valence-corrected chi connectivity index (χ4v) is 5.94. The van der Waals surface area contributed by atoms with E-state index in [2.05, 4.69) is 44.0 Å². The highest BCUT2D eigenvalue weighted by molar-refractivity contribution is 6.74. The summed E-state index contributed by atoms with van der Waals surface area (Å²) >= 11 is 0. The number of hydrogen-bond acceptors (Lipinski definition) is 5. The predicted octanol–water partition coefficient (Wildman–Crippen LogP) is 5.46. The lowest BCUT2D eigenvalue weighted by atomic mass is 9.76. The number of Topliss-reactive ketones (excluding diaryl/α,β-unsaturated/α-hetero) is 1. The highest BCUT2D eigenvalue weighted by Gasteiger charge is 2.56. The number of carbonyl (C=O) groups is 2. The zero-order valence-electron chi connectivity index (χ0n) is 23.6. The van der Waals surface area contributed by atoms with Crippen LogP contribution in [-0.4, -0.2) is 53.5 Å². The molecule has 210 valence electrons. The number of ketones is 1. The standard InChI is InChI=1S/C30H41N3O5Si/c1-29(2,3)39(4,5)38-25-18-12-13-19-30(25,36)27(33-31)26(34)24(20-22-14-8-6-9-15-22)32-28(35)37-21-23-16-10-7-11-17-23/h6-11,14-17,24-25,36H,12-13,18-21H2,1-5H3,(H,32,35)/t24-,25?,30?/m1/s1. The molecule has 2 aromatic carbocycles. The van der Waals surface area contributed by atoms with Crippen LogP contribution >= 0.6 is 0 Å². The van der Waals surface area contributed by atoms with Gasteiger partial charge in [-0.3, -0.25) is 4.79 Å². The fourth-order valence-electron chi connectivity index (χ4n) is 4.56. The summed E-state index contributed by atoms with van der Waals surface area (Å²) in [5.74, 6) is -0.675. The molecule has 0 radical (unpaired) electrons. The Morgan fingerprint density at radius 1 is 1.08 bits per heavy atom. The molecule has 1 saturated carbocycles. The van der Waals surface area contributed by atoms with E-state index in [1.807, 2.05) is 60.7 Å². The molecule has 8 nitrogen and oxygen atoms in total. The first kappa shape index (κ1) is 30.4. The number of ether oxygens (including phenoxy) is 1. The molecule has 1 aliphatic rings. The molecule has 1 amide bonds. The maximum absolute atomic E-state index is 13.9. The number of benzene rings is 2. The van der Waals surface area contributed by atoms with Crippen molar-refractivity contribution < 1.29 is 28.6 Å². The molecule has 0 saturated heterocycles. The predicted molar refractivity (Wildman–Crippen MR) is 153 cm³/mol. The first-order chi connectivity index (χ1) is 18.4. The van der Waals surface area contributed by atoms with Gasteiger partial charge in [-0.1, -0.05) is 87.9 Å². The first-order valence-corrected chi connectivity index (χ1v) is 16.5. The molecule has 2 unspecified atom stereocenters. The van der Waals surface area contributed by atoms with Gasteiger partial charge in [0.2, 0.25) is 0 Å². The molecule has 1 fully saturated rings. The van der Waals surface area contributed by atoms with Crippen LogP contribution in [0.2, 0.25) is 18.1 Å². The summed E-state index contributed by atoms with van der Waals surface area (Å²) in [5.41, 5.74) is 9.53. The molecule has 0 spiro atoms. The van der Waals surface area contributed by atoms with Crippen molar-refractivity contribution in [2.24, 2.45) is 0 Å². The smallest absolute Gasteiger partial charge is 0.408 e. The van der Waals surface area contributed by atoms with Gasteiger partial charge >= 0.3 is 11.8 Å². The maximum atomic E-state index is 13.9.